The number of nitrogens with one attached hydrogen (secondary N) is 1. The first-order valence-corrected chi connectivity index (χ1v) is 6.97. The number of para-hydroxylation sites is 1. The van der Waals surface area contributed by atoms with Crippen molar-refractivity contribution < 1.29 is 5.11 Å². The Morgan fingerprint density at radius 3 is 2.83 bits per heavy atom. The first-order chi connectivity index (χ1) is 8.66. The molecule has 1 aromatic heterocycles. The van der Waals surface area contributed by atoms with E-state index in [1.54, 1.807) is 17.4 Å². The molecule has 1 atom stereocenters. The lowest BCUT2D eigenvalue weighted by molar-refractivity contribution is 0.453. The number of hydrogen-bond donors (Lipinski definition) is 2. The van der Waals surface area contributed by atoms with E-state index in [1.807, 2.05) is 25.1 Å². The van der Waals surface area contributed by atoms with Crippen molar-refractivity contribution >= 4 is 11.3 Å². The van der Waals surface area contributed by atoms with Crippen molar-refractivity contribution in [2.45, 2.75) is 26.3 Å². The topological polar surface area (TPSA) is 45.2 Å². The van der Waals surface area contributed by atoms with Crippen LogP contribution in [0.5, 0.6) is 5.75 Å². The summed E-state index contributed by atoms with van der Waals surface area (Å²) in [5.41, 5.74) is 2.07. The van der Waals surface area contributed by atoms with Crippen LogP contribution in [0.25, 0.3) is 0 Å². The third-order valence-corrected chi connectivity index (χ3v) is 3.72. The Balaban J connectivity index is 1.85. The van der Waals surface area contributed by atoms with Crippen LogP contribution in [0.15, 0.2) is 29.6 Å². The summed E-state index contributed by atoms with van der Waals surface area (Å²) in [6.07, 6.45) is 0.919. The number of phenolic OH excluding ortho intramolecular Hbond substituents is 1. The van der Waals surface area contributed by atoms with E-state index in [1.165, 1.54) is 0 Å². The second-order valence-electron chi connectivity index (χ2n) is 4.34. The average Bonchev–Trinajstić information content (AvgIpc) is 2.75. The monoisotopic (exact) mass is 262 g/mol. The second kappa shape index (κ2) is 5.98. The highest BCUT2D eigenvalue weighted by Gasteiger charge is 2.08. The fourth-order valence-corrected chi connectivity index (χ4v) is 2.55. The molecular weight excluding hydrogens is 244 g/mol. The van der Waals surface area contributed by atoms with Crippen LogP contribution < -0.4 is 5.32 Å². The molecule has 2 rings (SSSR count). The van der Waals surface area contributed by atoms with Gasteiger partial charge >= 0.3 is 0 Å². The maximum absolute atomic E-state index is 9.75. The Morgan fingerprint density at radius 1 is 1.39 bits per heavy atom. The third-order valence-electron chi connectivity index (χ3n) is 2.90. The van der Waals surface area contributed by atoms with E-state index in [0.717, 1.165) is 29.2 Å². The third kappa shape index (κ3) is 3.31. The van der Waals surface area contributed by atoms with E-state index in [4.69, 9.17) is 0 Å². The van der Waals surface area contributed by atoms with Crippen LogP contribution in [0.3, 0.4) is 0 Å². The fourth-order valence-electron chi connectivity index (χ4n) is 1.90. The highest BCUT2D eigenvalue weighted by atomic mass is 32.1. The Hall–Kier alpha value is -1.39. The summed E-state index contributed by atoms with van der Waals surface area (Å²) < 4.78 is 0. The number of rotatable bonds is 5. The fraction of sp³-hybridized carbons (Fsp3) is 0.357. The summed E-state index contributed by atoms with van der Waals surface area (Å²) in [5.74, 6) is 0.349. The van der Waals surface area contributed by atoms with E-state index >= 15 is 0 Å². The molecule has 0 aliphatic heterocycles. The minimum atomic E-state index is 0.144. The highest BCUT2D eigenvalue weighted by Crippen LogP contribution is 2.22. The van der Waals surface area contributed by atoms with Gasteiger partial charge in [0.1, 0.15) is 5.75 Å². The number of aryl methyl sites for hydroxylation is 1. The summed E-state index contributed by atoms with van der Waals surface area (Å²) >= 11 is 1.68. The molecule has 0 saturated carbocycles. The van der Waals surface area contributed by atoms with Gasteiger partial charge in [-0.05, 0) is 19.9 Å². The maximum Gasteiger partial charge on any atom is 0.120 e. The van der Waals surface area contributed by atoms with Gasteiger partial charge in [-0.1, -0.05) is 18.2 Å². The quantitative estimate of drug-likeness (QED) is 0.870. The van der Waals surface area contributed by atoms with Gasteiger partial charge in [0.15, 0.2) is 0 Å². The molecule has 1 aromatic carbocycles. The number of hydrogen-bond acceptors (Lipinski definition) is 4. The number of aromatic hydroxyl groups is 1. The molecule has 3 nitrogen and oxygen atoms in total. The van der Waals surface area contributed by atoms with Crippen molar-refractivity contribution in [2.75, 3.05) is 6.54 Å². The molecule has 1 heterocycles. The molecule has 0 aliphatic carbocycles. The lowest BCUT2D eigenvalue weighted by Crippen LogP contribution is -2.21. The van der Waals surface area contributed by atoms with Gasteiger partial charge in [-0.3, -0.25) is 0 Å². The number of phenols is 1. The first-order valence-electron chi connectivity index (χ1n) is 6.09. The first kappa shape index (κ1) is 13.1. The SMILES string of the molecule is Cc1nc(CCNC(C)c2ccccc2O)cs1. The molecule has 18 heavy (non-hydrogen) atoms. The van der Waals surface area contributed by atoms with Crippen molar-refractivity contribution in [3.63, 3.8) is 0 Å². The van der Waals surface area contributed by atoms with Crippen molar-refractivity contribution in [2.24, 2.45) is 0 Å². The van der Waals surface area contributed by atoms with Crippen LogP contribution >= 0.6 is 11.3 Å². The number of thiazole rings is 1. The zero-order chi connectivity index (χ0) is 13.0. The zero-order valence-corrected chi connectivity index (χ0v) is 11.5. The predicted octanol–water partition coefficient (Wildman–Crippen LogP) is 3.05. The Labute approximate surface area is 112 Å². The van der Waals surface area contributed by atoms with E-state index < -0.39 is 0 Å². The van der Waals surface area contributed by atoms with E-state index in [-0.39, 0.29) is 6.04 Å². The molecule has 4 heteroatoms. The van der Waals surface area contributed by atoms with Crippen molar-refractivity contribution in [3.8, 4) is 5.75 Å². The van der Waals surface area contributed by atoms with Crippen LogP contribution in [-0.2, 0) is 6.42 Å². The smallest absolute Gasteiger partial charge is 0.120 e. The number of aromatic nitrogens is 1. The molecule has 96 valence electrons. The lowest BCUT2D eigenvalue weighted by atomic mass is 10.1. The minimum absolute atomic E-state index is 0.144. The maximum atomic E-state index is 9.75. The molecule has 0 fully saturated rings. The summed E-state index contributed by atoms with van der Waals surface area (Å²) in [6.45, 7) is 4.94. The number of benzene rings is 1. The molecule has 0 radical (unpaired) electrons. The Kier molecular flexibility index (Phi) is 4.33. The van der Waals surface area contributed by atoms with Crippen LogP contribution in [0, 0.1) is 6.92 Å². The summed E-state index contributed by atoms with van der Waals surface area (Å²) in [6, 6.07) is 7.59. The van der Waals surface area contributed by atoms with E-state index in [0.29, 0.717) is 5.75 Å². The van der Waals surface area contributed by atoms with Gasteiger partial charge in [-0.2, -0.15) is 0 Å². The van der Waals surface area contributed by atoms with Crippen molar-refractivity contribution in [3.05, 3.63) is 45.9 Å². The molecule has 2 N–H and O–H groups in total. The minimum Gasteiger partial charge on any atom is -0.508 e. The summed E-state index contributed by atoms with van der Waals surface area (Å²) in [4.78, 5) is 4.43. The normalized spacial score (nSPS) is 12.6. The van der Waals surface area contributed by atoms with Gasteiger partial charge in [0.05, 0.1) is 10.7 Å². The molecule has 0 spiro atoms. The summed E-state index contributed by atoms with van der Waals surface area (Å²) in [7, 11) is 0. The molecular formula is C14H18N2OS. The molecule has 2 aromatic rings. The van der Waals surface area contributed by atoms with Gasteiger partial charge < -0.3 is 10.4 Å². The molecule has 0 saturated heterocycles. The largest absolute Gasteiger partial charge is 0.508 e. The second-order valence-corrected chi connectivity index (χ2v) is 5.40. The summed E-state index contributed by atoms with van der Waals surface area (Å²) in [5, 5.41) is 16.4. The molecule has 0 aliphatic rings. The van der Waals surface area contributed by atoms with Gasteiger partial charge in [0, 0.05) is 30.0 Å². The van der Waals surface area contributed by atoms with Gasteiger partial charge in [-0.15, -0.1) is 11.3 Å². The Morgan fingerprint density at radius 2 is 2.17 bits per heavy atom. The molecule has 1 unspecified atom stereocenters. The average molecular weight is 262 g/mol. The lowest BCUT2D eigenvalue weighted by Gasteiger charge is -2.14. The molecule has 0 amide bonds. The highest BCUT2D eigenvalue weighted by molar-refractivity contribution is 7.09. The molecule has 0 bridgehead atoms. The van der Waals surface area contributed by atoms with E-state index in [9.17, 15) is 5.11 Å². The van der Waals surface area contributed by atoms with Gasteiger partial charge in [0.2, 0.25) is 0 Å². The zero-order valence-electron chi connectivity index (χ0n) is 10.7. The van der Waals surface area contributed by atoms with Crippen LogP contribution in [0.2, 0.25) is 0 Å². The predicted molar refractivity (Wildman–Crippen MR) is 75.1 cm³/mol. The van der Waals surface area contributed by atoms with Gasteiger partial charge in [0.25, 0.3) is 0 Å². The van der Waals surface area contributed by atoms with Crippen LogP contribution in [0.1, 0.15) is 29.2 Å². The van der Waals surface area contributed by atoms with Crippen LogP contribution in [-0.4, -0.2) is 16.6 Å². The Bertz CT molecular complexity index is 510. The van der Waals surface area contributed by atoms with E-state index in [2.05, 4.69) is 22.6 Å². The van der Waals surface area contributed by atoms with Crippen LogP contribution in [0.4, 0.5) is 0 Å². The number of nitrogens with zero attached hydrogens (tertiary/aromatic N) is 1. The van der Waals surface area contributed by atoms with Gasteiger partial charge in [-0.25, -0.2) is 4.98 Å². The van der Waals surface area contributed by atoms with Crippen molar-refractivity contribution in [1.82, 2.24) is 10.3 Å². The standard InChI is InChI=1S/C14H18N2OS/c1-10(13-5-3-4-6-14(13)17)15-8-7-12-9-18-11(2)16-12/h3-6,9-10,15,17H,7-8H2,1-2H3. The van der Waals surface area contributed by atoms with Crippen molar-refractivity contribution in [1.29, 1.82) is 0 Å².